The molecule has 3 heterocycles. The number of ether oxygens (including phenoxy) is 1. The van der Waals surface area contributed by atoms with Crippen LogP contribution in [0, 0.1) is 0 Å². The molecule has 11 nitrogen and oxygen atoms in total. The van der Waals surface area contributed by atoms with Gasteiger partial charge in [0.25, 0.3) is 0 Å². The Morgan fingerprint density at radius 2 is 1.65 bits per heavy atom. The Labute approximate surface area is 281 Å². The highest BCUT2D eigenvalue weighted by Crippen LogP contribution is 2.36. The molecule has 252 valence electrons. The third-order valence-electron chi connectivity index (χ3n) is 7.76. The Kier molecular flexibility index (Phi) is 10.6. The normalized spacial score (nSPS) is 12.0. The molecule has 0 amide bonds. The molecule has 6 aromatic rings. The summed E-state index contributed by atoms with van der Waals surface area (Å²) in [5, 5.41) is 10.1. The number of nitrogens with one attached hydrogen (secondary N) is 2. The number of aromatic nitrogens is 4. The van der Waals surface area contributed by atoms with Gasteiger partial charge in [-0.25, -0.2) is 21.6 Å². The highest BCUT2D eigenvalue weighted by molar-refractivity contribution is 7.90. The van der Waals surface area contributed by atoms with E-state index in [1.165, 1.54) is 18.9 Å². The minimum atomic E-state index is -3.25. The molecule has 0 spiro atoms. The average molecular weight is 689 g/mol. The number of hydrogen-bond donors (Lipinski definition) is 2. The Morgan fingerprint density at radius 3 is 2.29 bits per heavy atom. The Bertz CT molecular complexity index is 2230. The molecular weight excluding hydrogens is 649 g/mol. The lowest BCUT2D eigenvalue weighted by molar-refractivity contribution is 0.340. The summed E-state index contributed by atoms with van der Waals surface area (Å²) in [5.41, 5.74) is 7.39. The molecule has 2 N–H and O–H groups in total. The van der Waals surface area contributed by atoms with E-state index in [1.54, 1.807) is 35.1 Å². The van der Waals surface area contributed by atoms with E-state index in [2.05, 4.69) is 24.8 Å². The number of sulfone groups is 1. The van der Waals surface area contributed by atoms with Crippen LogP contribution in [-0.2, 0) is 32.0 Å². The molecule has 0 fully saturated rings. The van der Waals surface area contributed by atoms with Crippen LogP contribution in [0.25, 0.3) is 38.8 Å². The second kappa shape index (κ2) is 14.7. The second-order valence-corrected chi connectivity index (χ2v) is 15.5. The molecule has 0 aliphatic heterocycles. The number of fused-ring (bicyclic) bond motifs is 2. The molecular formula is C35H40N6O5S2. The van der Waals surface area contributed by atoms with E-state index in [1.807, 2.05) is 81.8 Å². The topological polar surface area (TPSA) is 139 Å². The minimum absolute atomic E-state index is 0.0116. The molecule has 0 aliphatic rings. The quantitative estimate of drug-likeness (QED) is 0.190. The molecule has 0 saturated heterocycles. The molecule has 0 saturated carbocycles. The molecule has 0 aliphatic carbocycles. The number of aromatic amines is 1. The summed E-state index contributed by atoms with van der Waals surface area (Å²) in [4.78, 5) is 5.65. The zero-order valence-electron chi connectivity index (χ0n) is 27.6. The number of nitrogens with zero attached hydrogens (tertiary/aromatic N) is 4. The molecule has 0 bridgehead atoms. The van der Waals surface area contributed by atoms with Crippen molar-refractivity contribution < 1.29 is 21.6 Å². The maximum atomic E-state index is 11.8. The SMILES string of the molecule is CCOc1ccc(-c2nn3ncccc3c2-c2ccc(S(C)(=O)=O)cc2)cc1.CNS(=O)(=O)Cc1ccc2[nH]cc(CCN(C)C)c2c1. The summed E-state index contributed by atoms with van der Waals surface area (Å²) in [6.07, 6.45) is 5.82. The van der Waals surface area contributed by atoms with Gasteiger partial charge in [0.15, 0.2) is 9.84 Å². The van der Waals surface area contributed by atoms with Gasteiger partial charge in [0, 0.05) is 47.2 Å². The third-order valence-corrected chi connectivity index (χ3v) is 10.2. The van der Waals surface area contributed by atoms with Gasteiger partial charge in [-0.15, -0.1) is 5.10 Å². The van der Waals surface area contributed by atoms with Crippen LogP contribution >= 0.6 is 0 Å². The first-order valence-corrected chi connectivity index (χ1v) is 19.0. The van der Waals surface area contributed by atoms with Crippen LogP contribution < -0.4 is 9.46 Å². The fourth-order valence-electron chi connectivity index (χ4n) is 5.28. The monoisotopic (exact) mass is 688 g/mol. The summed E-state index contributed by atoms with van der Waals surface area (Å²) in [5.74, 6) is 0.810. The zero-order chi connectivity index (χ0) is 34.5. The van der Waals surface area contributed by atoms with Crippen molar-refractivity contribution in [1.82, 2.24) is 29.4 Å². The fraction of sp³-hybridized carbons (Fsp3) is 0.257. The lowest BCUT2D eigenvalue weighted by Gasteiger charge is -2.08. The van der Waals surface area contributed by atoms with Gasteiger partial charge in [0.05, 0.1) is 22.8 Å². The van der Waals surface area contributed by atoms with Crippen molar-refractivity contribution in [3.8, 4) is 28.1 Å². The van der Waals surface area contributed by atoms with Crippen molar-refractivity contribution >= 4 is 36.3 Å². The van der Waals surface area contributed by atoms with E-state index in [4.69, 9.17) is 4.74 Å². The Balaban J connectivity index is 0.000000199. The van der Waals surface area contributed by atoms with Crippen LogP contribution in [0.3, 0.4) is 0 Å². The highest BCUT2D eigenvalue weighted by Gasteiger charge is 2.18. The van der Waals surface area contributed by atoms with Gasteiger partial charge >= 0.3 is 0 Å². The van der Waals surface area contributed by atoms with Crippen molar-refractivity contribution in [3.63, 3.8) is 0 Å². The van der Waals surface area contributed by atoms with Gasteiger partial charge in [-0.3, -0.25) is 0 Å². The molecule has 13 heteroatoms. The maximum absolute atomic E-state index is 11.8. The van der Waals surface area contributed by atoms with Gasteiger partial charge in [-0.05, 0) is 112 Å². The number of hydrogen-bond acceptors (Lipinski definition) is 8. The van der Waals surface area contributed by atoms with E-state index < -0.39 is 19.9 Å². The van der Waals surface area contributed by atoms with E-state index >= 15 is 0 Å². The summed E-state index contributed by atoms with van der Waals surface area (Å²) in [6, 6.07) is 24.1. The molecule has 0 radical (unpaired) electrons. The van der Waals surface area contributed by atoms with Gasteiger partial charge in [-0.1, -0.05) is 18.2 Å². The van der Waals surface area contributed by atoms with E-state index in [9.17, 15) is 16.8 Å². The van der Waals surface area contributed by atoms with Crippen molar-refractivity contribution in [2.24, 2.45) is 0 Å². The predicted molar refractivity (Wildman–Crippen MR) is 190 cm³/mol. The minimum Gasteiger partial charge on any atom is -0.494 e. The Morgan fingerprint density at radius 1 is 0.938 bits per heavy atom. The van der Waals surface area contributed by atoms with Crippen LogP contribution in [0.15, 0.2) is 96.2 Å². The van der Waals surface area contributed by atoms with Crippen LogP contribution in [-0.4, -0.2) is 82.1 Å². The fourth-order valence-corrected chi connectivity index (χ4v) is 6.68. The van der Waals surface area contributed by atoms with Crippen LogP contribution in [0.2, 0.25) is 0 Å². The van der Waals surface area contributed by atoms with Crippen molar-refractivity contribution in [2.75, 3.05) is 40.6 Å². The Hall–Kier alpha value is -4.56. The first-order chi connectivity index (χ1) is 22.9. The first kappa shape index (κ1) is 34.8. The van der Waals surface area contributed by atoms with E-state index in [0.717, 1.165) is 63.1 Å². The standard InChI is InChI=1S/C21H19N3O3S.C14H21N3O2S/c1-3-27-17-10-6-16(7-11-17)21-20(19-5-4-14-22-24(19)23-21)15-8-12-18(13-9-15)28(2,25)26;1-15-20(18,19)10-11-4-5-14-13(8-11)12(9-16-14)6-7-17(2)3/h4-14H,3H2,1-2H3;4-5,8-9,15-16H,6-7,10H2,1-3H3. The lowest BCUT2D eigenvalue weighted by atomic mass is 10.00. The molecule has 6 rings (SSSR count). The second-order valence-electron chi connectivity index (χ2n) is 11.6. The van der Waals surface area contributed by atoms with Gasteiger partial charge < -0.3 is 14.6 Å². The number of likely N-dealkylation sites (N-methyl/N-ethyl adjacent to an activating group) is 1. The molecule has 0 atom stereocenters. The number of H-pyrrole nitrogens is 1. The van der Waals surface area contributed by atoms with Gasteiger partial charge in [-0.2, -0.15) is 9.73 Å². The summed E-state index contributed by atoms with van der Waals surface area (Å²) >= 11 is 0. The molecule has 48 heavy (non-hydrogen) atoms. The van der Waals surface area contributed by atoms with Crippen molar-refractivity contribution in [1.29, 1.82) is 0 Å². The average Bonchev–Trinajstić information content (AvgIpc) is 3.65. The first-order valence-electron chi connectivity index (χ1n) is 15.4. The number of benzene rings is 3. The smallest absolute Gasteiger partial charge is 0.215 e. The number of rotatable bonds is 11. The summed E-state index contributed by atoms with van der Waals surface area (Å²) < 4.78 is 56.2. The summed E-state index contributed by atoms with van der Waals surface area (Å²) in [7, 11) is -0.962. The zero-order valence-corrected chi connectivity index (χ0v) is 29.3. The van der Waals surface area contributed by atoms with Crippen molar-refractivity contribution in [2.45, 2.75) is 24.0 Å². The van der Waals surface area contributed by atoms with Gasteiger partial charge in [0.1, 0.15) is 11.4 Å². The van der Waals surface area contributed by atoms with E-state index in [-0.39, 0.29) is 10.6 Å². The molecule has 3 aromatic heterocycles. The van der Waals surface area contributed by atoms with E-state index in [0.29, 0.717) is 6.61 Å². The maximum Gasteiger partial charge on any atom is 0.215 e. The summed E-state index contributed by atoms with van der Waals surface area (Å²) in [6.45, 7) is 3.52. The van der Waals surface area contributed by atoms with Crippen molar-refractivity contribution in [3.05, 3.63) is 102 Å². The van der Waals surface area contributed by atoms with Crippen LogP contribution in [0.4, 0.5) is 0 Å². The lowest BCUT2D eigenvalue weighted by Crippen LogP contribution is -2.20. The third kappa shape index (κ3) is 8.29. The van der Waals surface area contributed by atoms with Crippen LogP contribution in [0.5, 0.6) is 5.75 Å². The van der Waals surface area contributed by atoms with Gasteiger partial charge in [0.2, 0.25) is 10.0 Å². The molecule has 0 unspecified atom stereocenters. The largest absolute Gasteiger partial charge is 0.494 e. The molecule has 3 aromatic carbocycles. The van der Waals surface area contributed by atoms with Crippen LogP contribution in [0.1, 0.15) is 18.1 Å². The highest BCUT2D eigenvalue weighted by atomic mass is 32.2. The number of sulfonamides is 1. The predicted octanol–water partition coefficient (Wildman–Crippen LogP) is 5.19.